The van der Waals surface area contributed by atoms with Gasteiger partial charge in [0.2, 0.25) is 0 Å². The monoisotopic (exact) mass is 450 g/mol. The number of nitrogens with zero attached hydrogens (tertiary/aromatic N) is 3. The van der Waals surface area contributed by atoms with E-state index in [4.69, 9.17) is 16.3 Å². The summed E-state index contributed by atoms with van der Waals surface area (Å²) < 4.78 is 20.1. The lowest BCUT2D eigenvalue weighted by Gasteiger charge is -2.07. The number of amides is 1. The molecule has 0 unspecified atom stereocenters. The van der Waals surface area contributed by atoms with Crippen LogP contribution in [0, 0.1) is 5.82 Å². The molecule has 0 bridgehead atoms. The minimum absolute atomic E-state index is 0.120. The molecule has 0 saturated carbocycles. The summed E-state index contributed by atoms with van der Waals surface area (Å²) in [6.45, 7) is -0.538. The van der Waals surface area contributed by atoms with Crippen LogP contribution in [0.5, 0.6) is 0 Å². The van der Waals surface area contributed by atoms with Crippen LogP contribution in [0.3, 0.4) is 0 Å². The van der Waals surface area contributed by atoms with Crippen LogP contribution >= 0.6 is 11.6 Å². The van der Waals surface area contributed by atoms with Crippen molar-refractivity contribution in [1.82, 2.24) is 14.8 Å². The van der Waals surface area contributed by atoms with Crippen LogP contribution < -0.4 is 5.32 Å². The first kappa shape index (κ1) is 21.2. The quantitative estimate of drug-likeness (QED) is 0.345. The Morgan fingerprint density at radius 1 is 1.03 bits per heavy atom. The van der Waals surface area contributed by atoms with Gasteiger partial charge in [0.15, 0.2) is 11.8 Å². The molecule has 0 saturated heterocycles. The topological polar surface area (TPSA) is 86.1 Å². The molecule has 0 atom stereocenters. The van der Waals surface area contributed by atoms with Gasteiger partial charge in [0, 0.05) is 18.0 Å². The smallest absolute Gasteiger partial charge is 0.342 e. The Morgan fingerprint density at radius 2 is 1.78 bits per heavy atom. The standard InChI is InChI=1S/C23H16ClFN4O3/c24-22-19(7-4-12-26-22)27-20(30)14-32-23(31)18-13-29(17-5-2-1-3-6-17)28-21(18)15-8-10-16(25)11-9-15/h1-13H,14H2,(H,27,30). The summed E-state index contributed by atoms with van der Waals surface area (Å²) in [5.74, 6) is -1.74. The number of carbonyl (C=O) groups is 2. The second-order valence-electron chi connectivity index (χ2n) is 6.64. The largest absolute Gasteiger partial charge is 0.452 e. The summed E-state index contributed by atoms with van der Waals surface area (Å²) in [6.07, 6.45) is 2.99. The normalized spacial score (nSPS) is 10.6. The van der Waals surface area contributed by atoms with E-state index < -0.39 is 24.3 Å². The van der Waals surface area contributed by atoms with E-state index in [9.17, 15) is 14.0 Å². The zero-order chi connectivity index (χ0) is 22.5. The number of benzene rings is 2. The van der Waals surface area contributed by atoms with Crippen molar-refractivity contribution in [2.45, 2.75) is 0 Å². The average Bonchev–Trinajstić information content (AvgIpc) is 3.26. The van der Waals surface area contributed by atoms with E-state index >= 15 is 0 Å². The Labute approximate surface area is 187 Å². The predicted octanol–water partition coefficient (Wildman–Crippen LogP) is 4.52. The fraction of sp³-hybridized carbons (Fsp3) is 0.0435. The molecule has 2 aromatic carbocycles. The molecule has 0 aliphatic rings. The molecule has 2 heterocycles. The Balaban J connectivity index is 1.56. The predicted molar refractivity (Wildman–Crippen MR) is 117 cm³/mol. The van der Waals surface area contributed by atoms with Crippen molar-refractivity contribution < 1.29 is 18.7 Å². The minimum atomic E-state index is -0.751. The first-order valence-electron chi connectivity index (χ1n) is 9.50. The van der Waals surface area contributed by atoms with Crippen LogP contribution in [0.15, 0.2) is 79.1 Å². The summed E-state index contributed by atoms with van der Waals surface area (Å²) >= 11 is 5.92. The number of nitrogens with one attached hydrogen (secondary N) is 1. The highest BCUT2D eigenvalue weighted by Crippen LogP contribution is 2.25. The lowest BCUT2D eigenvalue weighted by Crippen LogP contribution is -2.21. The number of hydrogen-bond acceptors (Lipinski definition) is 5. The number of rotatable bonds is 6. The Kier molecular flexibility index (Phi) is 6.23. The molecule has 0 radical (unpaired) electrons. The molecule has 0 fully saturated rings. The van der Waals surface area contributed by atoms with E-state index in [0.29, 0.717) is 16.9 Å². The van der Waals surface area contributed by atoms with E-state index in [-0.39, 0.29) is 10.7 Å². The summed E-state index contributed by atoms with van der Waals surface area (Å²) in [5.41, 5.74) is 1.99. The van der Waals surface area contributed by atoms with Crippen molar-refractivity contribution >= 4 is 29.2 Å². The van der Waals surface area contributed by atoms with Crippen LogP contribution in [0.1, 0.15) is 10.4 Å². The van der Waals surface area contributed by atoms with Gasteiger partial charge >= 0.3 is 5.97 Å². The van der Waals surface area contributed by atoms with Crippen molar-refractivity contribution in [3.8, 4) is 16.9 Å². The Bertz CT molecular complexity index is 1260. The molecule has 1 N–H and O–H groups in total. The maximum Gasteiger partial charge on any atom is 0.342 e. The molecular weight excluding hydrogens is 435 g/mol. The molecule has 0 spiro atoms. The fourth-order valence-corrected chi connectivity index (χ4v) is 3.10. The first-order chi connectivity index (χ1) is 15.5. The third-order valence-corrected chi connectivity index (χ3v) is 4.74. The summed E-state index contributed by atoms with van der Waals surface area (Å²) in [6, 6.07) is 17.9. The molecule has 9 heteroatoms. The van der Waals surface area contributed by atoms with Crippen LogP contribution in [0.25, 0.3) is 16.9 Å². The van der Waals surface area contributed by atoms with Gasteiger partial charge in [-0.2, -0.15) is 5.10 Å². The zero-order valence-electron chi connectivity index (χ0n) is 16.5. The van der Waals surface area contributed by atoms with Gasteiger partial charge in [-0.25, -0.2) is 18.9 Å². The van der Waals surface area contributed by atoms with E-state index in [1.165, 1.54) is 41.3 Å². The van der Waals surface area contributed by atoms with Crippen molar-refractivity contribution in [2.75, 3.05) is 11.9 Å². The maximum atomic E-state index is 13.4. The third kappa shape index (κ3) is 4.81. The first-order valence-corrected chi connectivity index (χ1v) is 9.87. The Hall–Kier alpha value is -4.04. The number of ether oxygens (including phenoxy) is 1. The van der Waals surface area contributed by atoms with E-state index in [1.54, 1.807) is 12.1 Å². The third-order valence-electron chi connectivity index (χ3n) is 4.44. The van der Waals surface area contributed by atoms with Gasteiger partial charge in [-0.1, -0.05) is 29.8 Å². The second kappa shape index (κ2) is 9.40. The minimum Gasteiger partial charge on any atom is -0.452 e. The lowest BCUT2D eigenvalue weighted by molar-refractivity contribution is -0.119. The molecule has 7 nitrogen and oxygen atoms in total. The molecule has 1 amide bonds. The van der Waals surface area contributed by atoms with Crippen molar-refractivity contribution in [3.05, 3.63) is 95.7 Å². The van der Waals surface area contributed by atoms with E-state index in [0.717, 1.165) is 5.69 Å². The van der Waals surface area contributed by atoms with Crippen LogP contribution in [0.2, 0.25) is 5.15 Å². The number of aromatic nitrogens is 3. The molecule has 0 aliphatic carbocycles. The lowest BCUT2D eigenvalue weighted by atomic mass is 10.1. The summed E-state index contributed by atoms with van der Waals surface area (Å²) in [5, 5.41) is 7.12. The number of hydrogen-bond donors (Lipinski definition) is 1. The van der Waals surface area contributed by atoms with Gasteiger partial charge in [-0.3, -0.25) is 4.79 Å². The molecule has 0 aliphatic heterocycles. The van der Waals surface area contributed by atoms with Gasteiger partial charge in [-0.15, -0.1) is 0 Å². The van der Waals surface area contributed by atoms with Gasteiger partial charge < -0.3 is 10.1 Å². The fourth-order valence-electron chi connectivity index (χ4n) is 2.93. The number of halogens is 2. The van der Waals surface area contributed by atoms with Gasteiger partial charge in [0.05, 0.1) is 11.4 Å². The molecule has 2 aromatic heterocycles. The zero-order valence-corrected chi connectivity index (χ0v) is 17.3. The highest BCUT2D eigenvalue weighted by atomic mass is 35.5. The van der Waals surface area contributed by atoms with Gasteiger partial charge in [0.1, 0.15) is 17.1 Å². The van der Waals surface area contributed by atoms with E-state index in [1.807, 2.05) is 30.3 Å². The summed E-state index contributed by atoms with van der Waals surface area (Å²) in [7, 11) is 0. The number of pyridine rings is 1. The van der Waals surface area contributed by atoms with Crippen LogP contribution in [-0.2, 0) is 9.53 Å². The molecule has 32 heavy (non-hydrogen) atoms. The average molecular weight is 451 g/mol. The van der Waals surface area contributed by atoms with Crippen LogP contribution in [0.4, 0.5) is 10.1 Å². The van der Waals surface area contributed by atoms with Crippen molar-refractivity contribution in [3.63, 3.8) is 0 Å². The van der Waals surface area contributed by atoms with E-state index in [2.05, 4.69) is 15.4 Å². The summed E-state index contributed by atoms with van der Waals surface area (Å²) in [4.78, 5) is 28.9. The highest BCUT2D eigenvalue weighted by molar-refractivity contribution is 6.32. The Morgan fingerprint density at radius 3 is 2.50 bits per heavy atom. The second-order valence-corrected chi connectivity index (χ2v) is 7.00. The number of para-hydroxylation sites is 1. The number of anilines is 1. The van der Waals surface area contributed by atoms with Crippen LogP contribution in [-0.4, -0.2) is 33.2 Å². The SMILES string of the molecule is O=C(COC(=O)c1cn(-c2ccccc2)nc1-c1ccc(F)cc1)Nc1cccnc1Cl. The molecule has 4 aromatic rings. The molecular formula is C23H16ClFN4O3. The van der Waals surface area contributed by atoms with Gasteiger partial charge in [0.25, 0.3) is 5.91 Å². The van der Waals surface area contributed by atoms with Crippen molar-refractivity contribution in [1.29, 1.82) is 0 Å². The molecule has 4 rings (SSSR count). The number of carbonyl (C=O) groups excluding carboxylic acids is 2. The molecule has 160 valence electrons. The highest BCUT2D eigenvalue weighted by Gasteiger charge is 2.21. The maximum absolute atomic E-state index is 13.4. The van der Waals surface area contributed by atoms with Crippen molar-refractivity contribution in [2.24, 2.45) is 0 Å². The number of esters is 1. The van der Waals surface area contributed by atoms with Gasteiger partial charge in [-0.05, 0) is 48.5 Å².